The Balaban J connectivity index is 2.63. The molecule has 0 aromatic carbocycles. The number of aryl methyl sites for hydroxylation is 1. The van der Waals surface area contributed by atoms with E-state index in [2.05, 4.69) is 5.32 Å². The van der Waals surface area contributed by atoms with Gasteiger partial charge in [0, 0.05) is 6.04 Å². The van der Waals surface area contributed by atoms with Gasteiger partial charge in [0.25, 0.3) is 0 Å². The number of nitrogens with one attached hydrogen (secondary N) is 1. The minimum atomic E-state index is -0.986. The van der Waals surface area contributed by atoms with E-state index in [1.165, 1.54) is 6.07 Å². The molecule has 1 aromatic rings. The van der Waals surface area contributed by atoms with Gasteiger partial charge in [-0.2, -0.15) is 0 Å². The van der Waals surface area contributed by atoms with Gasteiger partial charge < -0.3 is 19.9 Å². The molecule has 0 aliphatic heterocycles. The maximum absolute atomic E-state index is 10.8. The molecular weight excluding hydrogens is 222 g/mol. The highest BCUT2D eigenvalue weighted by molar-refractivity contribution is 5.88. The lowest BCUT2D eigenvalue weighted by molar-refractivity contribution is 0.0695. The smallest absolute Gasteiger partial charge is 0.339 e. The fraction of sp³-hybridized carbons (Fsp3) is 0.583. The summed E-state index contributed by atoms with van der Waals surface area (Å²) in [6.45, 7) is 6.09. The number of carboxylic acids is 1. The third-order valence-corrected chi connectivity index (χ3v) is 2.74. The van der Waals surface area contributed by atoms with Crippen molar-refractivity contribution in [1.82, 2.24) is 5.32 Å². The second-order valence-corrected chi connectivity index (χ2v) is 4.40. The van der Waals surface area contributed by atoms with Crippen LogP contribution < -0.4 is 5.32 Å². The van der Waals surface area contributed by atoms with E-state index < -0.39 is 5.97 Å². The minimum absolute atomic E-state index is 0.0197. The summed E-state index contributed by atoms with van der Waals surface area (Å²) in [6, 6.07) is 1.49. The molecule has 1 heterocycles. The highest BCUT2D eigenvalue weighted by Crippen LogP contribution is 2.15. The summed E-state index contributed by atoms with van der Waals surface area (Å²) in [4.78, 5) is 10.8. The fourth-order valence-corrected chi connectivity index (χ4v) is 1.59. The van der Waals surface area contributed by atoms with Crippen LogP contribution in [0.15, 0.2) is 10.5 Å². The average molecular weight is 241 g/mol. The number of furan rings is 1. The van der Waals surface area contributed by atoms with Crippen molar-refractivity contribution < 1.29 is 19.4 Å². The van der Waals surface area contributed by atoms with E-state index in [4.69, 9.17) is 14.6 Å². The third kappa shape index (κ3) is 3.57. The molecule has 0 radical (unpaired) electrons. The van der Waals surface area contributed by atoms with Crippen LogP contribution in [0.2, 0.25) is 0 Å². The summed E-state index contributed by atoms with van der Waals surface area (Å²) in [5.41, 5.74) is 0.187. The zero-order valence-electron chi connectivity index (χ0n) is 10.4. The van der Waals surface area contributed by atoms with Crippen LogP contribution in [0.4, 0.5) is 0 Å². The summed E-state index contributed by atoms with van der Waals surface area (Å²) < 4.78 is 5.33. The predicted octanol–water partition coefficient (Wildman–Crippen LogP) is 1.39. The molecule has 0 aliphatic carbocycles. The lowest BCUT2D eigenvalue weighted by Crippen LogP contribution is -2.36. The van der Waals surface area contributed by atoms with E-state index in [1.54, 1.807) is 6.92 Å². The SMILES string of the molecule is Cc1oc(CNC(CO)C(C)C)cc1C(=O)O. The van der Waals surface area contributed by atoms with Crippen molar-refractivity contribution in [2.45, 2.75) is 33.4 Å². The van der Waals surface area contributed by atoms with Gasteiger partial charge >= 0.3 is 5.97 Å². The normalized spacial score (nSPS) is 13.0. The van der Waals surface area contributed by atoms with Gasteiger partial charge in [-0.25, -0.2) is 4.79 Å². The van der Waals surface area contributed by atoms with Gasteiger partial charge in [0.05, 0.1) is 13.2 Å². The Morgan fingerprint density at radius 3 is 2.59 bits per heavy atom. The Hall–Kier alpha value is -1.33. The van der Waals surface area contributed by atoms with Gasteiger partial charge in [0.1, 0.15) is 17.1 Å². The van der Waals surface area contributed by atoms with Crippen molar-refractivity contribution in [1.29, 1.82) is 0 Å². The Kier molecular flexibility index (Phi) is 4.72. The molecule has 0 aliphatic rings. The Bertz CT molecular complexity index is 384. The molecule has 0 fully saturated rings. The Morgan fingerprint density at radius 1 is 1.53 bits per heavy atom. The number of aliphatic hydroxyl groups is 1. The number of carbonyl (C=O) groups is 1. The molecule has 17 heavy (non-hydrogen) atoms. The number of carboxylic acid groups (broad SMARTS) is 1. The number of aliphatic hydroxyl groups excluding tert-OH is 1. The first-order valence-corrected chi connectivity index (χ1v) is 5.62. The zero-order valence-corrected chi connectivity index (χ0v) is 10.4. The first-order valence-electron chi connectivity index (χ1n) is 5.62. The van der Waals surface area contributed by atoms with Crippen LogP contribution in [0.1, 0.15) is 35.7 Å². The second kappa shape index (κ2) is 5.84. The average Bonchev–Trinajstić information content (AvgIpc) is 2.60. The molecule has 1 rings (SSSR count). The van der Waals surface area contributed by atoms with Crippen LogP contribution in [0.5, 0.6) is 0 Å². The van der Waals surface area contributed by atoms with Crippen molar-refractivity contribution in [3.8, 4) is 0 Å². The molecule has 1 atom stereocenters. The zero-order chi connectivity index (χ0) is 13.0. The first-order chi connectivity index (χ1) is 7.95. The summed E-state index contributed by atoms with van der Waals surface area (Å²) in [7, 11) is 0. The first kappa shape index (κ1) is 13.7. The molecular formula is C12H19NO4. The van der Waals surface area contributed by atoms with Crippen LogP contribution in [0.25, 0.3) is 0 Å². The standard InChI is InChI=1S/C12H19NO4/c1-7(2)11(6-14)13-5-9-4-10(12(15)16)8(3)17-9/h4,7,11,13-14H,5-6H2,1-3H3,(H,15,16). The molecule has 5 heteroatoms. The van der Waals surface area contributed by atoms with E-state index in [9.17, 15) is 4.79 Å². The van der Waals surface area contributed by atoms with Crippen LogP contribution in [-0.4, -0.2) is 28.8 Å². The van der Waals surface area contributed by atoms with Gasteiger partial charge in [0.2, 0.25) is 0 Å². The van der Waals surface area contributed by atoms with E-state index >= 15 is 0 Å². The molecule has 0 spiro atoms. The molecule has 1 aromatic heterocycles. The number of aromatic carboxylic acids is 1. The molecule has 0 amide bonds. The van der Waals surface area contributed by atoms with Crippen LogP contribution in [0, 0.1) is 12.8 Å². The van der Waals surface area contributed by atoms with Crippen LogP contribution in [-0.2, 0) is 6.54 Å². The number of hydrogen-bond donors (Lipinski definition) is 3. The topological polar surface area (TPSA) is 82.7 Å². The van der Waals surface area contributed by atoms with Gasteiger partial charge in [0.15, 0.2) is 0 Å². The van der Waals surface area contributed by atoms with E-state index in [0.717, 1.165) is 0 Å². The van der Waals surface area contributed by atoms with Crippen molar-refractivity contribution >= 4 is 5.97 Å². The lowest BCUT2D eigenvalue weighted by atomic mass is 10.1. The van der Waals surface area contributed by atoms with Crippen molar-refractivity contribution in [2.75, 3.05) is 6.61 Å². The maximum Gasteiger partial charge on any atom is 0.339 e. The van der Waals surface area contributed by atoms with Gasteiger partial charge in [-0.3, -0.25) is 0 Å². The highest BCUT2D eigenvalue weighted by atomic mass is 16.4. The number of rotatable bonds is 6. The van der Waals surface area contributed by atoms with Crippen molar-refractivity contribution in [3.05, 3.63) is 23.2 Å². The summed E-state index contributed by atoms with van der Waals surface area (Å²) >= 11 is 0. The molecule has 3 N–H and O–H groups in total. The maximum atomic E-state index is 10.8. The quantitative estimate of drug-likeness (QED) is 0.701. The van der Waals surface area contributed by atoms with Crippen molar-refractivity contribution in [3.63, 3.8) is 0 Å². The predicted molar refractivity (Wildman–Crippen MR) is 63.0 cm³/mol. The molecule has 1 unspecified atom stereocenters. The Labute approximate surface area is 100 Å². The van der Waals surface area contributed by atoms with E-state index in [0.29, 0.717) is 24.0 Å². The fourth-order valence-electron chi connectivity index (χ4n) is 1.59. The lowest BCUT2D eigenvalue weighted by Gasteiger charge is -2.18. The third-order valence-electron chi connectivity index (χ3n) is 2.74. The van der Waals surface area contributed by atoms with Gasteiger partial charge in [-0.15, -0.1) is 0 Å². The van der Waals surface area contributed by atoms with Crippen LogP contribution >= 0.6 is 0 Å². The minimum Gasteiger partial charge on any atom is -0.478 e. The molecule has 96 valence electrons. The number of hydrogen-bond acceptors (Lipinski definition) is 4. The highest BCUT2D eigenvalue weighted by Gasteiger charge is 2.16. The summed E-state index contributed by atoms with van der Waals surface area (Å²) in [5, 5.41) is 21.1. The summed E-state index contributed by atoms with van der Waals surface area (Å²) in [5.74, 6) is 0.286. The molecule has 0 saturated carbocycles. The molecule has 0 bridgehead atoms. The van der Waals surface area contributed by atoms with E-state index in [-0.39, 0.29) is 18.2 Å². The van der Waals surface area contributed by atoms with Crippen LogP contribution in [0.3, 0.4) is 0 Å². The Morgan fingerprint density at radius 2 is 2.18 bits per heavy atom. The van der Waals surface area contributed by atoms with Gasteiger partial charge in [-0.05, 0) is 18.9 Å². The molecule has 0 saturated heterocycles. The van der Waals surface area contributed by atoms with Crippen molar-refractivity contribution in [2.24, 2.45) is 5.92 Å². The monoisotopic (exact) mass is 241 g/mol. The van der Waals surface area contributed by atoms with Gasteiger partial charge in [-0.1, -0.05) is 13.8 Å². The second-order valence-electron chi connectivity index (χ2n) is 4.40. The summed E-state index contributed by atoms with van der Waals surface area (Å²) in [6.07, 6.45) is 0. The molecule has 5 nitrogen and oxygen atoms in total. The largest absolute Gasteiger partial charge is 0.478 e. The van der Waals surface area contributed by atoms with E-state index in [1.807, 2.05) is 13.8 Å².